The van der Waals surface area contributed by atoms with Gasteiger partial charge in [-0.05, 0) is 12.8 Å². The van der Waals surface area contributed by atoms with Gasteiger partial charge in [0.2, 0.25) is 0 Å². The van der Waals surface area contributed by atoms with Gasteiger partial charge in [0, 0.05) is 25.8 Å². The lowest BCUT2D eigenvalue weighted by Gasteiger charge is -2.05. The van der Waals surface area contributed by atoms with Crippen molar-refractivity contribution < 1.29 is 13.6 Å². The van der Waals surface area contributed by atoms with Gasteiger partial charge in [0.25, 0.3) is 0 Å². The van der Waals surface area contributed by atoms with Crippen molar-refractivity contribution in [2.75, 3.05) is 14.2 Å². The van der Waals surface area contributed by atoms with E-state index in [1.165, 1.54) is 27.1 Å². The minimum atomic E-state index is -3.09. The Balaban J connectivity index is 2.57. The van der Waals surface area contributed by atoms with Gasteiger partial charge < -0.3 is 9.05 Å². The average molecular weight is 202 g/mol. The summed E-state index contributed by atoms with van der Waals surface area (Å²) in [5, 5.41) is 0. The quantitative estimate of drug-likeness (QED) is 0.510. The van der Waals surface area contributed by atoms with Crippen molar-refractivity contribution in [3.63, 3.8) is 0 Å². The molecule has 0 amide bonds. The van der Waals surface area contributed by atoms with Crippen molar-refractivity contribution in [3.05, 3.63) is 0 Å². The van der Waals surface area contributed by atoms with Crippen LogP contribution in [0.2, 0.25) is 0 Å². The van der Waals surface area contributed by atoms with Crippen LogP contribution in [-0.2, 0) is 13.6 Å². The lowest BCUT2D eigenvalue weighted by atomic mass is 10.1. The summed E-state index contributed by atoms with van der Waals surface area (Å²) in [4.78, 5) is 0. The molecule has 0 N–H and O–H groups in total. The van der Waals surface area contributed by atoms with Crippen molar-refractivity contribution in [2.24, 2.45) is 5.92 Å². The maximum atomic E-state index is 11.5. The van der Waals surface area contributed by atoms with Crippen molar-refractivity contribution >= 4 is 7.60 Å². The van der Waals surface area contributed by atoms with Gasteiger partial charge in [-0.3, -0.25) is 0 Å². The molecule has 0 radical (unpaired) electrons. The third kappa shape index (κ3) is 3.15. The van der Waals surface area contributed by atoms with Crippen molar-refractivity contribution in [1.82, 2.24) is 0 Å². The van der Waals surface area contributed by atoms with E-state index in [9.17, 15) is 4.57 Å². The highest BCUT2D eigenvalue weighted by Gasteiger charge is 2.18. The van der Waals surface area contributed by atoms with E-state index in [0.717, 1.165) is 12.8 Å². The topological polar surface area (TPSA) is 35.5 Å². The predicted octanol–water partition coefficient (Wildman–Crippen LogP) is 2.62. The fraction of sp³-hybridized carbons (Fsp3) is 0.778. The molecule has 1 aliphatic rings. The van der Waals surface area contributed by atoms with E-state index < -0.39 is 7.60 Å². The van der Waals surface area contributed by atoms with Gasteiger partial charge in [-0.1, -0.05) is 18.8 Å². The second-order valence-electron chi connectivity index (χ2n) is 3.10. The van der Waals surface area contributed by atoms with Gasteiger partial charge in [0.05, 0.1) is 0 Å². The molecule has 1 saturated carbocycles. The molecule has 74 valence electrons. The predicted molar refractivity (Wildman–Crippen MR) is 51.4 cm³/mol. The summed E-state index contributed by atoms with van der Waals surface area (Å²) in [5.41, 5.74) is 2.60. The van der Waals surface area contributed by atoms with E-state index in [1.54, 1.807) is 0 Å². The molecular formula is C9H15O3P. The van der Waals surface area contributed by atoms with Gasteiger partial charge in [-0.15, -0.1) is 0 Å². The van der Waals surface area contributed by atoms with Crippen LogP contribution in [0.15, 0.2) is 0 Å². The van der Waals surface area contributed by atoms with Crippen molar-refractivity contribution in [3.8, 4) is 11.6 Å². The molecule has 0 spiro atoms. The lowest BCUT2D eigenvalue weighted by Crippen LogP contribution is -1.89. The zero-order valence-corrected chi connectivity index (χ0v) is 8.97. The normalized spacial score (nSPS) is 18.3. The van der Waals surface area contributed by atoms with Crippen molar-refractivity contribution in [1.29, 1.82) is 0 Å². The van der Waals surface area contributed by atoms with E-state index in [0.29, 0.717) is 5.92 Å². The first-order valence-electron chi connectivity index (χ1n) is 4.44. The monoisotopic (exact) mass is 202 g/mol. The smallest absolute Gasteiger partial charge is 0.303 e. The fourth-order valence-corrected chi connectivity index (χ4v) is 2.08. The van der Waals surface area contributed by atoms with E-state index in [4.69, 9.17) is 9.05 Å². The first-order valence-corrected chi connectivity index (χ1v) is 5.99. The maximum Gasteiger partial charge on any atom is 0.405 e. The molecule has 0 aromatic heterocycles. The highest BCUT2D eigenvalue weighted by atomic mass is 31.2. The zero-order valence-electron chi connectivity index (χ0n) is 8.08. The first-order chi connectivity index (χ1) is 6.20. The molecule has 0 atom stereocenters. The molecule has 0 aromatic rings. The molecule has 1 fully saturated rings. The van der Waals surface area contributed by atoms with Crippen LogP contribution in [0, 0.1) is 17.5 Å². The summed E-state index contributed by atoms with van der Waals surface area (Å²) in [6, 6.07) is 0. The average Bonchev–Trinajstić information content (AvgIpc) is 2.67. The SMILES string of the molecule is COP(=O)(C#CC1CCCC1)OC. The zero-order chi connectivity index (χ0) is 9.73. The minimum absolute atomic E-state index is 0.388. The number of rotatable bonds is 2. The third-order valence-electron chi connectivity index (χ3n) is 2.24. The van der Waals surface area contributed by atoms with Gasteiger partial charge >= 0.3 is 7.60 Å². The minimum Gasteiger partial charge on any atom is -0.303 e. The van der Waals surface area contributed by atoms with Crippen LogP contribution >= 0.6 is 7.60 Å². The largest absolute Gasteiger partial charge is 0.405 e. The summed E-state index contributed by atoms with van der Waals surface area (Å²) >= 11 is 0. The standard InChI is InChI=1S/C9H15O3P/c1-11-13(10,12-2)8-7-9-5-3-4-6-9/h9H,3-6H2,1-2H3. The highest BCUT2D eigenvalue weighted by molar-refractivity contribution is 7.59. The third-order valence-corrected chi connectivity index (χ3v) is 3.61. The molecule has 3 nitrogen and oxygen atoms in total. The summed E-state index contributed by atoms with van der Waals surface area (Å²) in [6.07, 6.45) is 4.67. The highest BCUT2D eigenvalue weighted by Crippen LogP contribution is 2.45. The summed E-state index contributed by atoms with van der Waals surface area (Å²) < 4.78 is 20.9. The first kappa shape index (κ1) is 10.8. The van der Waals surface area contributed by atoms with Crippen LogP contribution < -0.4 is 0 Å². The molecule has 1 aliphatic carbocycles. The molecule has 0 unspecified atom stereocenters. The second-order valence-corrected chi connectivity index (χ2v) is 5.05. The van der Waals surface area contributed by atoms with E-state index in [1.807, 2.05) is 0 Å². The Morgan fingerprint density at radius 3 is 2.23 bits per heavy atom. The van der Waals surface area contributed by atoms with E-state index in [-0.39, 0.29) is 0 Å². The Hall–Kier alpha value is -0.290. The summed E-state index contributed by atoms with van der Waals surface area (Å²) in [7, 11) is -0.385. The van der Waals surface area contributed by atoms with Gasteiger partial charge in [-0.2, -0.15) is 0 Å². The van der Waals surface area contributed by atoms with Gasteiger partial charge in [0.15, 0.2) is 0 Å². The van der Waals surface area contributed by atoms with Crippen molar-refractivity contribution in [2.45, 2.75) is 25.7 Å². The molecule has 0 bridgehead atoms. The van der Waals surface area contributed by atoms with Gasteiger partial charge in [0.1, 0.15) is 0 Å². The Bertz CT molecular complexity index is 250. The van der Waals surface area contributed by atoms with Crippen LogP contribution in [0.4, 0.5) is 0 Å². The Morgan fingerprint density at radius 1 is 1.23 bits per heavy atom. The number of hydrogen-bond donors (Lipinski definition) is 0. The maximum absolute atomic E-state index is 11.5. The molecule has 0 aliphatic heterocycles. The van der Waals surface area contributed by atoms with Crippen LogP contribution in [0.3, 0.4) is 0 Å². The Labute approximate surface area is 79.3 Å². The molecule has 13 heavy (non-hydrogen) atoms. The second kappa shape index (κ2) is 4.81. The Kier molecular flexibility index (Phi) is 3.99. The molecular weight excluding hydrogens is 187 g/mol. The molecule has 1 rings (SSSR count). The molecule has 0 saturated heterocycles. The summed E-state index contributed by atoms with van der Waals surface area (Å²) in [6.45, 7) is 0. The Morgan fingerprint density at radius 2 is 1.77 bits per heavy atom. The van der Waals surface area contributed by atoms with E-state index in [2.05, 4.69) is 11.6 Å². The van der Waals surface area contributed by atoms with Crippen LogP contribution in [0.5, 0.6) is 0 Å². The van der Waals surface area contributed by atoms with Gasteiger partial charge in [-0.25, -0.2) is 4.57 Å². The van der Waals surface area contributed by atoms with Crippen LogP contribution in [-0.4, -0.2) is 14.2 Å². The van der Waals surface area contributed by atoms with Crippen LogP contribution in [0.1, 0.15) is 25.7 Å². The molecule has 4 heteroatoms. The van der Waals surface area contributed by atoms with E-state index >= 15 is 0 Å². The molecule has 0 heterocycles. The number of hydrogen-bond acceptors (Lipinski definition) is 3. The van der Waals surface area contributed by atoms with Crippen LogP contribution in [0.25, 0.3) is 0 Å². The fourth-order valence-electron chi connectivity index (χ4n) is 1.41. The lowest BCUT2D eigenvalue weighted by molar-refractivity contribution is 0.288. The summed E-state index contributed by atoms with van der Waals surface area (Å²) in [5.74, 6) is 3.35. The molecule has 0 aromatic carbocycles.